The third-order valence-corrected chi connectivity index (χ3v) is 4.49. The second-order valence-corrected chi connectivity index (χ2v) is 5.94. The summed E-state index contributed by atoms with van der Waals surface area (Å²) in [5.74, 6) is 1.63. The summed E-state index contributed by atoms with van der Waals surface area (Å²) in [5, 5.41) is 8.41. The van der Waals surface area contributed by atoms with Gasteiger partial charge in [0, 0.05) is 24.7 Å². The van der Waals surface area contributed by atoms with Gasteiger partial charge in [0.25, 0.3) is 5.91 Å². The van der Waals surface area contributed by atoms with E-state index < -0.39 is 0 Å². The van der Waals surface area contributed by atoms with Crippen molar-refractivity contribution in [1.82, 2.24) is 19.7 Å². The minimum absolute atomic E-state index is 0.0389. The Morgan fingerprint density at radius 1 is 1.08 bits per heavy atom. The molecule has 1 aliphatic heterocycles. The SMILES string of the molecule is O=C(c1ccco1)N1CCC(c2nncn2-c2ccccc2)CC1. The van der Waals surface area contributed by atoms with Gasteiger partial charge in [0.2, 0.25) is 0 Å². The Morgan fingerprint density at radius 3 is 2.58 bits per heavy atom. The molecule has 1 saturated heterocycles. The van der Waals surface area contributed by atoms with E-state index in [-0.39, 0.29) is 5.91 Å². The molecule has 1 fully saturated rings. The molecule has 1 aliphatic rings. The highest BCUT2D eigenvalue weighted by Gasteiger charge is 2.28. The van der Waals surface area contributed by atoms with Gasteiger partial charge in [-0.2, -0.15) is 0 Å². The maximum atomic E-state index is 12.3. The van der Waals surface area contributed by atoms with Crippen molar-refractivity contribution in [2.45, 2.75) is 18.8 Å². The van der Waals surface area contributed by atoms with Crippen LogP contribution in [-0.4, -0.2) is 38.7 Å². The minimum atomic E-state index is -0.0389. The second kappa shape index (κ2) is 6.31. The van der Waals surface area contributed by atoms with E-state index in [2.05, 4.69) is 10.2 Å². The lowest BCUT2D eigenvalue weighted by molar-refractivity contribution is 0.0678. The first-order valence-corrected chi connectivity index (χ1v) is 8.11. The first-order chi connectivity index (χ1) is 11.8. The molecule has 0 bridgehead atoms. The number of hydrogen-bond acceptors (Lipinski definition) is 4. The average molecular weight is 322 g/mol. The Kier molecular flexibility index (Phi) is 3.86. The van der Waals surface area contributed by atoms with Crippen LogP contribution < -0.4 is 0 Å². The molecule has 0 saturated carbocycles. The molecule has 122 valence electrons. The van der Waals surface area contributed by atoms with Crippen LogP contribution in [0.4, 0.5) is 0 Å². The number of likely N-dealkylation sites (tertiary alicyclic amines) is 1. The van der Waals surface area contributed by atoms with E-state index in [0.717, 1.165) is 24.4 Å². The third kappa shape index (κ3) is 2.71. The maximum absolute atomic E-state index is 12.3. The number of piperidine rings is 1. The number of benzene rings is 1. The molecule has 0 unspecified atom stereocenters. The molecule has 1 aromatic carbocycles. The van der Waals surface area contributed by atoms with Gasteiger partial charge in [0.05, 0.1) is 6.26 Å². The first-order valence-electron chi connectivity index (χ1n) is 8.11. The zero-order chi connectivity index (χ0) is 16.4. The Hall–Kier alpha value is -2.89. The van der Waals surface area contributed by atoms with Crippen LogP contribution >= 0.6 is 0 Å². The molecule has 4 rings (SSSR count). The van der Waals surface area contributed by atoms with E-state index in [1.165, 1.54) is 6.26 Å². The van der Waals surface area contributed by atoms with Crippen molar-refractivity contribution in [3.8, 4) is 5.69 Å². The van der Waals surface area contributed by atoms with Crippen LogP contribution in [0.25, 0.3) is 5.69 Å². The molecular weight excluding hydrogens is 304 g/mol. The summed E-state index contributed by atoms with van der Waals surface area (Å²) >= 11 is 0. The molecule has 6 nitrogen and oxygen atoms in total. The van der Waals surface area contributed by atoms with Gasteiger partial charge in [-0.25, -0.2) is 0 Å². The molecular formula is C18H18N4O2. The molecule has 3 aromatic rings. The van der Waals surface area contributed by atoms with Crippen LogP contribution in [0.3, 0.4) is 0 Å². The summed E-state index contributed by atoms with van der Waals surface area (Å²) in [4.78, 5) is 14.2. The third-order valence-electron chi connectivity index (χ3n) is 4.49. The van der Waals surface area contributed by atoms with Gasteiger partial charge >= 0.3 is 0 Å². The zero-order valence-electron chi connectivity index (χ0n) is 13.2. The van der Waals surface area contributed by atoms with E-state index in [1.54, 1.807) is 18.5 Å². The Balaban J connectivity index is 1.47. The fourth-order valence-electron chi connectivity index (χ4n) is 3.21. The van der Waals surface area contributed by atoms with Crippen molar-refractivity contribution in [2.75, 3.05) is 13.1 Å². The van der Waals surface area contributed by atoms with Crippen molar-refractivity contribution >= 4 is 5.91 Å². The largest absolute Gasteiger partial charge is 0.459 e. The van der Waals surface area contributed by atoms with Gasteiger partial charge in [-0.3, -0.25) is 9.36 Å². The number of furan rings is 1. The monoisotopic (exact) mass is 322 g/mol. The second-order valence-electron chi connectivity index (χ2n) is 5.94. The predicted octanol–water partition coefficient (Wildman–Crippen LogP) is 2.88. The fraction of sp³-hybridized carbons (Fsp3) is 0.278. The Bertz CT molecular complexity index is 803. The number of rotatable bonds is 3. The normalized spacial score (nSPS) is 15.6. The molecule has 0 aliphatic carbocycles. The average Bonchev–Trinajstić information content (AvgIpc) is 3.34. The van der Waals surface area contributed by atoms with Gasteiger partial charge < -0.3 is 9.32 Å². The van der Waals surface area contributed by atoms with Gasteiger partial charge in [0.15, 0.2) is 5.76 Å². The van der Waals surface area contributed by atoms with Crippen molar-refractivity contribution in [3.05, 3.63) is 66.6 Å². The van der Waals surface area contributed by atoms with Gasteiger partial charge in [-0.05, 0) is 37.1 Å². The number of amides is 1. The number of hydrogen-bond donors (Lipinski definition) is 0. The molecule has 6 heteroatoms. The van der Waals surface area contributed by atoms with E-state index in [4.69, 9.17) is 4.42 Å². The van der Waals surface area contributed by atoms with Gasteiger partial charge in [-0.15, -0.1) is 10.2 Å². The van der Waals surface area contributed by atoms with Crippen LogP contribution in [-0.2, 0) is 0 Å². The number of para-hydroxylation sites is 1. The minimum Gasteiger partial charge on any atom is -0.459 e. The van der Waals surface area contributed by atoms with Crippen LogP contribution in [0, 0.1) is 0 Å². The van der Waals surface area contributed by atoms with Crippen molar-refractivity contribution in [1.29, 1.82) is 0 Å². The summed E-state index contributed by atoms with van der Waals surface area (Å²) in [6.07, 6.45) is 5.03. The summed E-state index contributed by atoms with van der Waals surface area (Å²) in [6.45, 7) is 1.40. The Labute approximate surface area is 139 Å². The standard InChI is InChI=1S/C18H18N4O2/c23-18(16-7-4-12-24-16)21-10-8-14(9-11-21)17-20-19-13-22(17)15-5-2-1-3-6-15/h1-7,12-14H,8-11H2. The molecule has 1 amide bonds. The molecule has 3 heterocycles. The molecule has 0 N–H and O–H groups in total. The lowest BCUT2D eigenvalue weighted by atomic mass is 9.95. The molecule has 0 atom stereocenters. The van der Waals surface area contributed by atoms with Crippen LogP contribution in [0.1, 0.15) is 35.1 Å². The predicted molar refractivity (Wildman–Crippen MR) is 87.9 cm³/mol. The quantitative estimate of drug-likeness (QED) is 0.744. The van der Waals surface area contributed by atoms with E-state index in [1.807, 2.05) is 39.8 Å². The smallest absolute Gasteiger partial charge is 0.289 e. The number of nitrogens with zero attached hydrogens (tertiary/aromatic N) is 4. The fourth-order valence-corrected chi connectivity index (χ4v) is 3.21. The van der Waals surface area contributed by atoms with Crippen LogP contribution in [0.15, 0.2) is 59.5 Å². The highest BCUT2D eigenvalue weighted by Crippen LogP contribution is 2.28. The lowest BCUT2D eigenvalue weighted by Crippen LogP contribution is -2.38. The summed E-state index contributed by atoms with van der Waals surface area (Å²) in [5.41, 5.74) is 1.06. The Morgan fingerprint density at radius 2 is 1.88 bits per heavy atom. The topological polar surface area (TPSA) is 64.2 Å². The lowest BCUT2D eigenvalue weighted by Gasteiger charge is -2.31. The molecule has 0 spiro atoms. The maximum Gasteiger partial charge on any atom is 0.289 e. The van der Waals surface area contributed by atoms with E-state index in [9.17, 15) is 4.79 Å². The number of carbonyl (C=O) groups is 1. The van der Waals surface area contributed by atoms with E-state index in [0.29, 0.717) is 24.8 Å². The summed E-state index contributed by atoms with van der Waals surface area (Å²) in [6, 6.07) is 13.5. The van der Waals surface area contributed by atoms with Crippen molar-refractivity contribution < 1.29 is 9.21 Å². The summed E-state index contributed by atoms with van der Waals surface area (Å²) in [7, 11) is 0. The number of aromatic nitrogens is 3. The van der Waals surface area contributed by atoms with Gasteiger partial charge in [0.1, 0.15) is 12.2 Å². The molecule has 2 aromatic heterocycles. The van der Waals surface area contributed by atoms with Gasteiger partial charge in [-0.1, -0.05) is 18.2 Å². The van der Waals surface area contributed by atoms with Crippen molar-refractivity contribution in [3.63, 3.8) is 0 Å². The highest BCUT2D eigenvalue weighted by molar-refractivity contribution is 5.91. The molecule has 0 radical (unpaired) electrons. The number of carbonyl (C=O) groups excluding carboxylic acids is 1. The highest BCUT2D eigenvalue weighted by atomic mass is 16.3. The van der Waals surface area contributed by atoms with Crippen LogP contribution in [0.5, 0.6) is 0 Å². The molecule has 24 heavy (non-hydrogen) atoms. The van der Waals surface area contributed by atoms with E-state index >= 15 is 0 Å². The first kappa shape index (κ1) is 14.7. The van der Waals surface area contributed by atoms with Crippen molar-refractivity contribution in [2.24, 2.45) is 0 Å². The zero-order valence-corrected chi connectivity index (χ0v) is 13.2. The van der Waals surface area contributed by atoms with Crippen LogP contribution in [0.2, 0.25) is 0 Å². The summed E-state index contributed by atoms with van der Waals surface area (Å²) < 4.78 is 7.24.